The molecule has 0 fully saturated rings. The van der Waals surface area contributed by atoms with Gasteiger partial charge in [-0.1, -0.05) is 37.2 Å². The van der Waals surface area contributed by atoms with Crippen LogP contribution in [0.2, 0.25) is 0 Å². The summed E-state index contributed by atoms with van der Waals surface area (Å²) in [6.45, 7) is 2.14. The van der Waals surface area contributed by atoms with E-state index >= 15 is 0 Å². The molecule has 0 unspecified atom stereocenters. The second-order valence-corrected chi connectivity index (χ2v) is 5.31. The fraction of sp³-hybridized carbons (Fsp3) is 0.364. The Labute approximate surface area is 103 Å². The first kappa shape index (κ1) is 12.0. The molecule has 0 atom stereocenters. The highest BCUT2D eigenvalue weighted by Crippen LogP contribution is 2.16. The van der Waals surface area contributed by atoms with Gasteiger partial charge in [0.2, 0.25) is 5.12 Å². The van der Waals surface area contributed by atoms with E-state index in [2.05, 4.69) is 29.5 Å². The van der Waals surface area contributed by atoms with Crippen LogP contribution < -0.4 is 0 Å². The fourth-order valence-corrected chi connectivity index (χ4v) is 2.46. The van der Waals surface area contributed by atoms with Crippen LogP contribution in [0.3, 0.4) is 0 Å². The zero-order valence-electron chi connectivity index (χ0n) is 8.13. The van der Waals surface area contributed by atoms with Gasteiger partial charge in [-0.25, -0.2) is 0 Å². The van der Waals surface area contributed by atoms with Crippen LogP contribution in [0, 0.1) is 3.57 Å². The van der Waals surface area contributed by atoms with E-state index in [0.717, 1.165) is 27.7 Å². The van der Waals surface area contributed by atoms with Crippen LogP contribution in [0.5, 0.6) is 0 Å². The predicted octanol–water partition coefficient (Wildman–Crippen LogP) is 3.96. The molecule has 0 N–H and O–H groups in total. The number of hydrogen-bond acceptors (Lipinski definition) is 2. The minimum Gasteiger partial charge on any atom is -0.282 e. The summed E-state index contributed by atoms with van der Waals surface area (Å²) in [6, 6.07) is 7.73. The Morgan fingerprint density at radius 3 is 2.93 bits per heavy atom. The van der Waals surface area contributed by atoms with E-state index in [1.807, 2.05) is 24.3 Å². The Balaban J connectivity index is 2.52. The number of halogens is 1. The molecule has 1 aromatic carbocycles. The van der Waals surface area contributed by atoms with Gasteiger partial charge in [-0.15, -0.1) is 0 Å². The first-order valence-corrected chi connectivity index (χ1v) is 6.73. The van der Waals surface area contributed by atoms with Gasteiger partial charge in [0.05, 0.1) is 0 Å². The molecule has 0 saturated heterocycles. The SMILES string of the molecule is CCCCSC(=O)c1cccc(I)c1. The summed E-state index contributed by atoms with van der Waals surface area (Å²) in [7, 11) is 0. The standard InChI is InChI=1S/C11H13IOS/c1-2-3-7-14-11(13)9-5-4-6-10(12)8-9/h4-6,8H,2-3,7H2,1H3. The zero-order valence-corrected chi connectivity index (χ0v) is 11.1. The highest BCUT2D eigenvalue weighted by atomic mass is 127. The molecule has 0 radical (unpaired) electrons. The Morgan fingerprint density at radius 2 is 2.29 bits per heavy atom. The summed E-state index contributed by atoms with van der Waals surface area (Å²) in [6.07, 6.45) is 2.26. The van der Waals surface area contributed by atoms with E-state index in [0.29, 0.717) is 0 Å². The summed E-state index contributed by atoms with van der Waals surface area (Å²) in [5, 5.41) is 0.192. The van der Waals surface area contributed by atoms with Crippen molar-refractivity contribution in [2.24, 2.45) is 0 Å². The van der Waals surface area contributed by atoms with Crippen molar-refractivity contribution >= 4 is 39.5 Å². The minimum atomic E-state index is 0.192. The molecular formula is C11H13IOS. The number of thioether (sulfide) groups is 1. The monoisotopic (exact) mass is 320 g/mol. The lowest BCUT2D eigenvalue weighted by Crippen LogP contribution is -1.95. The smallest absolute Gasteiger partial charge is 0.219 e. The average Bonchev–Trinajstić information content (AvgIpc) is 2.18. The average molecular weight is 320 g/mol. The van der Waals surface area contributed by atoms with Gasteiger partial charge in [0, 0.05) is 14.9 Å². The molecular weight excluding hydrogens is 307 g/mol. The van der Waals surface area contributed by atoms with Crippen molar-refractivity contribution in [3.05, 3.63) is 33.4 Å². The lowest BCUT2D eigenvalue weighted by Gasteiger charge is -2.00. The molecule has 0 amide bonds. The van der Waals surface area contributed by atoms with Gasteiger partial charge in [0.15, 0.2) is 0 Å². The summed E-state index contributed by atoms with van der Waals surface area (Å²) in [5.41, 5.74) is 0.818. The quantitative estimate of drug-likeness (QED) is 0.617. The summed E-state index contributed by atoms with van der Waals surface area (Å²) >= 11 is 3.64. The van der Waals surface area contributed by atoms with Crippen molar-refractivity contribution in [3.63, 3.8) is 0 Å². The topological polar surface area (TPSA) is 17.1 Å². The maximum Gasteiger partial charge on any atom is 0.219 e. The van der Waals surface area contributed by atoms with Crippen molar-refractivity contribution in [1.29, 1.82) is 0 Å². The number of rotatable bonds is 4. The summed E-state index contributed by atoms with van der Waals surface area (Å²) in [4.78, 5) is 11.6. The number of carbonyl (C=O) groups is 1. The second-order valence-electron chi connectivity index (χ2n) is 3.00. The van der Waals surface area contributed by atoms with E-state index in [9.17, 15) is 4.79 Å². The molecule has 0 heterocycles. The third-order valence-corrected chi connectivity index (χ3v) is 3.45. The van der Waals surface area contributed by atoms with Crippen molar-refractivity contribution in [2.75, 3.05) is 5.75 Å². The lowest BCUT2D eigenvalue weighted by molar-refractivity contribution is 0.108. The third-order valence-electron chi connectivity index (χ3n) is 1.79. The van der Waals surface area contributed by atoms with Crippen LogP contribution in [-0.4, -0.2) is 10.9 Å². The fourth-order valence-electron chi connectivity index (χ4n) is 1.01. The molecule has 0 aliphatic rings. The molecule has 0 bridgehead atoms. The van der Waals surface area contributed by atoms with Crippen LogP contribution in [0.25, 0.3) is 0 Å². The predicted molar refractivity (Wildman–Crippen MR) is 70.9 cm³/mol. The summed E-state index contributed by atoms with van der Waals surface area (Å²) in [5.74, 6) is 0.931. The van der Waals surface area contributed by atoms with E-state index in [1.54, 1.807) is 0 Å². The number of unbranched alkanes of at least 4 members (excludes halogenated alkanes) is 1. The van der Waals surface area contributed by atoms with Gasteiger partial charge < -0.3 is 0 Å². The van der Waals surface area contributed by atoms with E-state index in [1.165, 1.54) is 11.8 Å². The van der Waals surface area contributed by atoms with Gasteiger partial charge in [-0.3, -0.25) is 4.79 Å². The van der Waals surface area contributed by atoms with Crippen molar-refractivity contribution in [1.82, 2.24) is 0 Å². The molecule has 0 saturated carbocycles. The largest absolute Gasteiger partial charge is 0.282 e. The molecule has 1 rings (SSSR count). The zero-order chi connectivity index (χ0) is 10.4. The molecule has 0 aliphatic heterocycles. The molecule has 3 heteroatoms. The van der Waals surface area contributed by atoms with E-state index in [-0.39, 0.29) is 5.12 Å². The molecule has 0 aromatic heterocycles. The molecule has 0 aliphatic carbocycles. The van der Waals surface area contributed by atoms with Gasteiger partial charge >= 0.3 is 0 Å². The van der Waals surface area contributed by atoms with E-state index < -0.39 is 0 Å². The summed E-state index contributed by atoms with van der Waals surface area (Å²) < 4.78 is 1.12. The highest BCUT2D eigenvalue weighted by Gasteiger charge is 2.05. The molecule has 14 heavy (non-hydrogen) atoms. The van der Waals surface area contributed by atoms with Crippen molar-refractivity contribution in [3.8, 4) is 0 Å². The maximum atomic E-state index is 11.6. The Hall–Kier alpha value is -0.0300. The first-order valence-electron chi connectivity index (χ1n) is 4.66. The van der Waals surface area contributed by atoms with Crippen LogP contribution in [0.4, 0.5) is 0 Å². The lowest BCUT2D eigenvalue weighted by atomic mass is 10.2. The van der Waals surface area contributed by atoms with Crippen molar-refractivity contribution < 1.29 is 4.79 Å². The molecule has 1 aromatic rings. The highest BCUT2D eigenvalue weighted by molar-refractivity contribution is 14.1. The third kappa shape index (κ3) is 4.00. The number of hydrogen-bond donors (Lipinski definition) is 0. The Bertz CT molecular complexity index is 312. The second kappa shape index (κ2) is 6.45. The molecule has 1 nitrogen and oxygen atoms in total. The maximum absolute atomic E-state index is 11.6. The van der Waals surface area contributed by atoms with Crippen LogP contribution in [-0.2, 0) is 0 Å². The minimum absolute atomic E-state index is 0.192. The van der Waals surface area contributed by atoms with E-state index in [4.69, 9.17) is 0 Å². The molecule has 0 spiro atoms. The number of benzene rings is 1. The van der Waals surface area contributed by atoms with Gasteiger partial charge in [0.25, 0.3) is 0 Å². The Morgan fingerprint density at radius 1 is 1.50 bits per heavy atom. The van der Waals surface area contributed by atoms with Gasteiger partial charge in [0.1, 0.15) is 0 Å². The van der Waals surface area contributed by atoms with Crippen LogP contribution in [0.1, 0.15) is 30.1 Å². The molecule has 76 valence electrons. The first-order chi connectivity index (χ1) is 6.74. The van der Waals surface area contributed by atoms with Gasteiger partial charge in [-0.05, 0) is 41.1 Å². The number of carbonyl (C=O) groups excluding carboxylic acids is 1. The van der Waals surface area contributed by atoms with Crippen LogP contribution >= 0.6 is 34.4 Å². The van der Waals surface area contributed by atoms with Crippen LogP contribution in [0.15, 0.2) is 24.3 Å². The van der Waals surface area contributed by atoms with Gasteiger partial charge in [-0.2, -0.15) is 0 Å². The Kier molecular flexibility index (Phi) is 5.55. The normalized spacial score (nSPS) is 10.1. The van der Waals surface area contributed by atoms with Crippen molar-refractivity contribution in [2.45, 2.75) is 19.8 Å².